The topological polar surface area (TPSA) is 86.6 Å². The predicted molar refractivity (Wildman–Crippen MR) is 72.2 cm³/mol. The van der Waals surface area contributed by atoms with Crippen molar-refractivity contribution in [1.29, 1.82) is 0 Å². The van der Waals surface area contributed by atoms with Gasteiger partial charge in [-0.1, -0.05) is 0 Å². The summed E-state index contributed by atoms with van der Waals surface area (Å²) in [6.45, 7) is 1.35. The van der Waals surface area contributed by atoms with Crippen LogP contribution in [0.4, 0.5) is 5.95 Å². The highest BCUT2D eigenvalue weighted by molar-refractivity contribution is 5.81. The number of carboxylic acid groups (broad SMARTS) is 1. The number of hydrogen-bond donors (Lipinski definition) is 1. The van der Waals surface area contributed by atoms with Gasteiger partial charge < -0.3 is 14.9 Å². The average molecular weight is 278 g/mol. The third kappa shape index (κ3) is 3.66. The van der Waals surface area contributed by atoms with Crippen LogP contribution in [0.15, 0.2) is 18.5 Å². The Labute approximate surface area is 117 Å². The first-order chi connectivity index (χ1) is 9.56. The van der Waals surface area contributed by atoms with Crippen molar-refractivity contribution in [3.8, 4) is 0 Å². The normalized spacial score (nSPS) is 18.1. The molecule has 108 valence electrons. The second-order valence-corrected chi connectivity index (χ2v) is 5.00. The summed E-state index contributed by atoms with van der Waals surface area (Å²) in [4.78, 5) is 34.4. The van der Waals surface area contributed by atoms with Gasteiger partial charge >= 0.3 is 5.97 Å². The number of likely N-dealkylation sites (N-methyl/N-ethyl adjacent to an activating group) is 1. The lowest BCUT2D eigenvalue weighted by atomic mass is 10.1. The van der Waals surface area contributed by atoms with Crippen molar-refractivity contribution in [2.75, 3.05) is 31.6 Å². The Kier molecular flexibility index (Phi) is 4.49. The summed E-state index contributed by atoms with van der Waals surface area (Å²) in [6, 6.07) is 1.72. The van der Waals surface area contributed by atoms with Crippen LogP contribution < -0.4 is 4.90 Å². The van der Waals surface area contributed by atoms with Crippen LogP contribution in [-0.2, 0) is 9.59 Å². The van der Waals surface area contributed by atoms with Gasteiger partial charge in [-0.15, -0.1) is 0 Å². The smallest absolute Gasteiger partial charge is 0.303 e. The molecule has 1 N–H and O–H groups in total. The Bertz CT molecular complexity index is 480. The SMILES string of the molecule is CN(CC(=O)N1CCC(CC(=O)O)C1)c1ncccn1. The molecule has 0 saturated carbocycles. The van der Waals surface area contributed by atoms with Crippen LogP contribution in [0.25, 0.3) is 0 Å². The zero-order chi connectivity index (χ0) is 14.5. The first kappa shape index (κ1) is 14.2. The van der Waals surface area contributed by atoms with Gasteiger partial charge in [0.05, 0.1) is 6.54 Å². The molecule has 2 heterocycles. The minimum absolute atomic E-state index is 0.0205. The monoisotopic (exact) mass is 278 g/mol. The summed E-state index contributed by atoms with van der Waals surface area (Å²) in [7, 11) is 1.76. The molecule has 1 fully saturated rings. The molecule has 0 spiro atoms. The Balaban J connectivity index is 1.85. The zero-order valence-corrected chi connectivity index (χ0v) is 11.4. The molecule has 0 radical (unpaired) electrons. The van der Waals surface area contributed by atoms with E-state index in [-0.39, 0.29) is 24.8 Å². The first-order valence-electron chi connectivity index (χ1n) is 6.54. The second kappa shape index (κ2) is 6.31. The third-order valence-electron chi connectivity index (χ3n) is 3.37. The molecule has 0 aliphatic carbocycles. The molecular formula is C13H18N4O3. The molecule has 2 rings (SSSR count). The minimum atomic E-state index is -0.806. The van der Waals surface area contributed by atoms with Crippen molar-refractivity contribution < 1.29 is 14.7 Å². The van der Waals surface area contributed by atoms with Gasteiger partial charge in [-0.3, -0.25) is 9.59 Å². The molecule has 1 aliphatic rings. The van der Waals surface area contributed by atoms with Crippen molar-refractivity contribution in [2.24, 2.45) is 5.92 Å². The number of carboxylic acids is 1. The van der Waals surface area contributed by atoms with Crippen LogP contribution in [0.1, 0.15) is 12.8 Å². The molecule has 7 heteroatoms. The van der Waals surface area contributed by atoms with Crippen molar-refractivity contribution in [3.05, 3.63) is 18.5 Å². The fraction of sp³-hybridized carbons (Fsp3) is 0.538. The lowest BCUT2D eigenvalue weighted by Crippen LogP contribution is -2.38. The van der Waals surface area contributed by atoms with Gasteiger partial charge in [0.15, 0.2) is 0 Å². The molecule has 1 aliphatic heterocycles. The van der Waals surface area contributed by atoms with Gasteiger partial charge in [0.1, 0.15) is 0 Å². The molecule has 0 bridgehead atoms. The van der Waals surface area contributed by atoms with E-state index in [2.05, 4.69) is 9.97 Å². The van der Waals surface area contributed by atoms with Crippen molar-refractivity contribution in [3.63, 3.8) is 0 Å². The zero-order valence-electron chi connectivity index (χ0n) is 11.4. The Morgan fingerprint density at radius 1 is 1.45 bits per heavy atom. The molecule has 1 aromatic rings. The van der Waals surface area contributed by atoms with Crippen LogP contribution in [0.3, 0.4) is 0 Å². The van der Waals surface area contributed by atoms with E-state index in [4.69, 9.17) is 5.11 Å². The molecule has 1 atom stereocenters. The number of aromatic nitrogens is 2. The van der Waals surface area contributed by atoms with Crippen LogP contribution in [0.5, 0.6) is 0 Å². The summed E-state index contributed by atoms with van der Waals surface area (Å²) >= 11 is 0. The summed E-state index contributed by atoms with van der Waals surface area (Å²) in [5.74, 6) is -0.260. The predicted octanol–water partition coefficient (Wildman–Crippen LogP) is 0.236. The van der Waals surface area contributed by atoms with E-state index in [0.29, 0.717) is 19.0 Å². The Morgan fingerprint density at radius 3 is 2.80 bits per heavy atom. The molecule has 0 aromatic carbocycles. The molecule has 1 saturated heterocycles. The summed E-state index contributed by atoms with van der Waals surface area (Å²) < 4.78 is 0. The Morgan fingerprint density at radius 2 is 2.15 bits per heavy atom. The number of likely N-dealkylation sites (tertiary alicyclic amines) is 1. The first-order valence-corrected chi connectivity index (χ1v) is 6.54. The number of aliphatic carboxylic acids is 1. The number of carbonyl (C=O) groups is 2. The molecule has 20 heavy (non-hydrogen) atoms. The van der Waals surface area contributed by atoms with E-state index >= 15 is 0 Å². The summed E-state index contributed by atoms with van der Waals surface area (Å²) in [5.41, 5.74) is 0. The molecule has 1 unspecified atom stereocenters. The van der Waals surface area contributed by atoms with E-state index in [1.807, 2.05) is 0 Å². The number of rotatable bonds is 5. The number of amides is 1. The minimum Gasteiger partial charge on any atom is -0.481 e. The number of carbonyl (C=O) groups excluding carboxylic acids is 1. The molecule has 1 amide bonds. The van der Waals surface area contributed by atoms with Crippen LogP contribution >= 0.6 is 0 Å². The Hall–Kier alpha value is -2.18. The molecular weight excluding hydrogens is 260 g/mol. The highest BCUT2D eigenvalue weighted by Gasteiger charge is 2.28. The lowest BCUT2D eigenvalue weighted by Gasteiger charge is -2.21. The quantitative estimate of drug-likeness (QED) is 0.830. The van der Waals surface area contributed by atoms with E-state index in [0.717, 1.165) is 6.42 Å². The van der Waals surface area contributed by atoms with E-state index in [1.54, 1.807) is 35.3 Å². The molecule has 7 nitrogen and oxygen atoms in total. The van der Waals surface area contributed by atoms with Gasteiger partial charge in [0.25, 0.3) is 0 Å². The van der Waals surface area contributed by atoms with Gasteiger partial charge in [-0.25, -0.2) is 9.97 Å². The second-order valence-electron chi connectivity index (χ2n) is 5.00. The van der Waals surface area contributed by atoms with Crippen LogP contribution in [-0.4, -0.2) is 58.5 Å². The van der Waals surface area contributed by atoms with Crippen molar-refractivity contribution >= 4 is 17.8 Å². The highest BCUT2D eigenvalue weighted by Crippen LogP contribution is 2.19. The van der Waals surface area contributed by atoms with Gasteiger partial charge in [-0.2, -0.15) is 0 Å². The number of nitrogens with zero attached hydrogens (tertiary/aromatic N) is 4. The summed E-state index contributed by atoms with van der Waals surface area (Å²) in [5, 5.41) is 8.76. The maximum Gasteiger partial charge on any atom is 0.303 e. The average Bonchev–Trinajstić information content (AvgIpc) is 2.87. The fourth-order valence-corrected chi connectivity index (χ4v) is 2.33. The van der Waals surface area contributed by atoms with E-state index in [1.165, 1.54) is 0 Å². The maximum absolute atomic E-state index is 12.1. The largest absolute Gasteiger partial charge is 0.481 e. The lowest BCUT2D eigenvalue weighted by molar-refractivity contribution is -0.138. The van der Waals surface area contributed by atoms with Crippen LogP contribution in [0, 0.1) is 5.92 Å². The number of anilines is 1. The maximum atomic E-state index is 12.1. The summed E-state index contributed by atoms with van der Waals surface area (Å²) in [6.07, 6.45) is 4.13. The van der Waals surface area contributed by atoms with Gasteiger partial charge in [0, 0.05) is 39.0 Å². The number of hydrogen-bond acceptors (Lipinski definition) is 5. The fourth-order valence-electron chi connectivity index (χ4n) is 2.33. The van der Waals surface area contributed by atoms with Crippen molar-refractivity contribution in [2.45, 2.75) is 12.8 Å². The van der Waals surface area contributed by atoms with E-state index < -0.39 is 5.97 Å². The van der Waals surface area contributed by atoms with Crippen molar-refractivity contribution in [1.82, 2.24) is 14.9 Å². The van der Waals surface area contributed by atoms with E-state index in [9.17, 15) is 9.59 Å². The van der Waals surface area contributed by atoms with Gasteiger partial charge in [-0.05, 0) is 18.4 Å². The highest BCUT2D eigenvalue weighted by atomic mass is 16.4. The molecule has 1 aromatic heterocycles. The third-order valence-corrected chi connectivity index (χ3v) is 3.37. The van der Waals surface area contributed by atoms with Crippen LogP contribution in [0.2, 0.25) is 0 Å². The standard InChI is InChI=1S/C13H18N4O3/c1-16(13-14-4-2-5-15-13)9-11(18)17-6-3-10(8-17)7-12(19)20/h2,4-5,10H,3,6-9H2,1H3,(H,19,20). The van der Waals surface area contributed by atoms with Gasteiger partial charge in [0.2, 0.25) is 11.9 Å².